The predicted molar refractivity (Wildman–Crippen MR) is 119 cm³/mol. The number of nitrogen functional groups attached to an aromatic ring is 1. The molecule has 2 N–H and O–H groups in total. The number of fused-ring (bicyclic) bond motifs is 2. The molecule has 2 heterocycles. The van der Waals surface area contributed by atoms with Crippen LogP contribution in [0, 0.1) is 12.8 Å². The van der Waals surface area contributed by atoms with Gasteiger partial charge in [0.05, 0.1) is 24.2 Å². The van der Waals surface area contributed by atoms with Crippen LogP contribution in [0.3, 0.4) is 0 Å². The standard InChI is InChI=1S/C24H26N4O2/c1-4-15(2)14-30-24(29)20-21-23(27-19-8-6-5-7-18(19)26-21)28(22(20)25)13-17-11-9-16(3)10-12-17/h5-12,15H,4,13-14,25H2,1-3H3/t15-/m0/s1. The monoisotopic (exact) mass is 402 g/mol. The maximum atomic E-state index is 13.0. The number of aromatic nitrogens is 3. The van der Waals surface area contributed by atoms with Gasteiger partial charge in [0.1, 0.15) is 16.9 Å². The first kappa shape index (κ1) is 19.9. The Labute approximate surface area is 175 Å². The Morgan fingerprint density at radius 3 is 2.43 bits per heavy atom. The molecule has 0 radical (unpaired) electrons. The number of para-hydroxylation sites is 2. The zero-order chi connectivity index (χ0) is 21.3. The number of carbonyl (C=O) groups excluding carboxylic acids is 1. The number of rotatable bonds is 6. The number of esters is 1. The molecule has 0 unspecified atom stereocenters. The second-order valence-corrected chi connectivity index (χ2v) is 7.83. The molecule has 0 saturated carbocycles. The Balaban J connectivity index is 1.85. The summed E-state index contributed by atoms with van der Waals surface area (Å²) in [5.74, 6) is 0.156. The SMILES string of the molecule is CC[C@H](C)COC(=O)c1c(N)n(Cc2ccc(C)cc2)c2nc3ccccc3nc12. The largest absolute Gasteiger partial charge is 0.462 e. The molecule has 4 rings (SSSR count). The highest BCUT2D eigenvalue weighted by atomic mass is 16.5. The van der Waals surface area contributed by atoms with E-state index in [1.807, 2.05) is 42.7 Å². The van der Waals surface area contributed by atoms with Gasteiger partial charge in [0.2, 0.25) is 0 Å². The summed E-state index contributed by atoms with van der Waals surface area (Å²) in [5, 5.41) is 0. The first-order valence-corrected chi connectivity index (χ1v) is 10.2. The molecule has 6 nitrogen and oxygen atoms in total. The van der Waals surface area contributed by atoms with Gasteiger partial charge in [-0.3, -0.25) is 0 Å². The highest BCUT2D eigenvalue weighted by Gasteiger charge is 2.25. The van der Waals surface area contributed by atoms with E-state index in [2.05, 4.69) is 31.2 Å². The van der Waals surface area contributed by atoms with Crippen molar-refractivity contribution in [2.75, 3.05) is 12.3 Å². The Bertz CT molecular complexity index is 1210. The van der Waals surface area contributed by atoms with E-state index >= 15 is 0 Å². The Morgan fingerprint density at radius 1 is 1.10 bits per heavy atom. The molecular formula is C24H26N4O2. The highest BCUT2D eigenvalue weighted by Crippen LogP contribution is 2.29. The van der Waals surface area contributed by atoms with E-state index in [9.17, 15) is 4.79 Å². The van der Waals surface area contributed by atoms with Crippen LogP contribution < -0.4 is 5.73 Å². The molecular weight excluding hydrogens is 376 g/mol. The molecule has 0 amide bonds. The minimum atomic E-state index is -0.454. The lowest BCUT2D eigenvalue weighted by Crippen LogP contribution is -2.14. The number of hydrogen-bond donors (Lipinski definition) is 1. The van der Waals surface area contributed by atoms with E-state index in [4.69, 9.17) is 20.4 Å². The van der Waals surface area contributed by atoms with Gasteiger partial charge in [0.15, 0.2) is 5.65 Å². The number of ether oxygens (including phenoxy) is 1. The number of aryl methyl sites for hydroxylation is 1. The third-order valence-electron chi connectivity index (χ3n) is 5.45. The molecule has 0 aliphatic rings. The third kappa shape index (κ3) is 3.73. The molecule has 0 spiro atoms. The summed E-state index contributed by atoms with van der Waals surface area (Å²) in [6, 6.07) is 15.8. The maximum Gasteiger partial charge on any atom is 0.344 e. The summed E-state index contributed by atoms with van der Waals surface area (Å²) < 4.78 is 7.41. The fourth-order valence-corrected chi connectivity index (χ4v) is 3.36. The van der Waals surface area contributed by atoms with Gasteiger partial charge in [0, 0.05) is 0 Å². The fourth-order valence-electron chi connectivity index (χ4n) is 3.36. The molecule has 2 aromatic heterocycles. The van der Waals surface area contributed by atoms with Gasteiger partial charge in [0.25, 0.3) is 0 Å². The van der Waals surface area contributed by atoms with Crippen molar-refractivity contribution in [3.8, 4) is 0 Å². The topological polar surface area (TPSA) is 83.0 Å². The van der Waals surface area contributed by atoms with Crippen molar-refractivity contribution < 1.29 is 9.53 Å². The summed E-state index contributed by atoms with van der Waals surface area (Å²) in [6.45, 7) is 7.00. The van der Waals surface area contributed by atoms with Crippen molar-refractivity contribution in [1.29, 1.82) is 0 Å². The Kier molecular flexibility index (Phi) is 5.40. The summed E-state index contributed by atoms with van der Waals surface area (Å²) in [6.07, 6.45) is 0.933. The average Bonchev–Trinajstić information content (AvgIpc) is 3.02. The zero-order valence-corrected chi connectivity index (χ0v) is 17.6. The van der Waals surface area contributed by atoms with E-state index in [1.54, 1.807) is 0 Å². The minimum Gasteiger partial charge on any atom is -0.462 e. The number of benzene rings is 2. The molecule has 154 valence electrons. The molecule has 0 bridgehead atoms. The van der Waals surface area contributed by atoms with Crippen LogP contribution in [0.5, 0.6) is 0 Å². The van der Waals surface area contributed by atoms with Gasteiger partial charge >= 0.3 is 5.97 Å². The van der Waals surface area contributed by atoms with Crippen LogP contribution >= 0.6 is 0 Å². The van der Waals surface area contributed by atoms with Crippen LogP contribution in [-0.4, -0.2) is 27.1 Å². The molecule has 6 heteroatoms. The smallest absolute Gasteiger partial charge is 0.344 e. The molecule has 30 heavy (non-hydrogen) atoms. The van der Waals surface area contributed by atoms with E-state index in [0.717, 1.165) is 17.5 Å². The molecule has 1 atom stereocenters. The zero-order valence-electron chi connectivity index (χ0n) is 17.6. The van der Waals surface area contributed by atoms with Crippen molar-refractivity contribution in [3.63, 3.8) is 0 Å². The number of nitrogens with zero attached hydrogens (tertiary/aromatic N) is 3. The van der Waals surface area contributed by atoms with Crippen molar-refractivity contribution >= 4 is 34.0 Å². The Hall–Kier alpha value is -3.41. The highest BCUT2D eigenvalue weighted by molar-refractivity contribution is 6.08. The molecule has 2 aromatic carbocycles. The third-order valence-corrected chi connectivity index (χ3v) is 5.45. The van der Waals surface area contributed by atoms with Gasteiger partial charge in [-0.05, 0) is 30.5 Å². The van der Waals surface area contributed by atoms with Crippen LogP contribution in [0.1, 0.15) is 41.8 Å². The van der Waals surface area contributed by atoms with Crippen molar-refractivity contribution in [2.24, 2.45) is 5.92 Å². The average molecular weight is 402 g/mol. The van der Waals surface area contributed by atoms with Gasteiger partial charge < -0.3 is 15.0 Å². The minimum absolute atomic E-state index is 0.281. The van der Waals surface area contributed by atoms with Crippen LogP contribution in [0.25, 0.3) is 22.2 Å². The van der Waals surface area contributed by atoms with Gasteiger partial charge in [-0.25, -0.2) is 14.8 Å². The maximum absolute atomic E-state index is 13.0. The van der Waals surface area contributed by atoms with E-state index in [0.29, 0.717) is 41.2 Å². The van der Waals surface area contributed by atoms with Gasteiger partial charge in [-0.2, -0.15) is 0 Å². The van der Waals surface area contributed by atoms with Crippen LogP contribution in [0.2, 0.25) is 0 Å². The van der Waals surface area contributed by atoms with Crippen molar-refractivity contribution in [3.05, 3.63) is 65.2 Å². The number of carbonyl (C=O) groups is 1. The van der Waals surface area contributed by atoms with Crippen LogP contribution in [0.15, 0.2) is 48.5 Å². The normalized spacial score (nSPS) is 12.4. The summed E-state index contributed by atoms with van der Waals surface area (Å²) in [4.78, 5) is 22.5. The molecule has 0 fully saturated rings. The molecule has 0 saturated heterocycles. The quantitative estimate of drug-likeness (QED) is 0.472. The lowest BCUT2D eigenvalue weighted by molar-refractivity contribution is 0.0450. The van der Waals surface area contributed by atoms with E-state index in [1.165, 1.54) is 5.56 Å². The van der Waals surface area contributed by atoms with Gasteiger partial charge in [-0.1, -0.05) is 62.2 Å². The second-order valence-electron chi connectivity index (χ2n) is 7.83. The summed E-state index contributed by atoms with van der Waals surface area (Å²) in [7, 11) is 0. The van der Waals surface area contributed by atoms with Crippen LogP contribution in [0.4, 0.5) is 5.82 Å². The number of anilines is 1. The molecule has 0 aliphatic carbocycles. The Morgan fingerprint density at radius 2 is 1.77 bits per heavy atom. The fraction of sp³-hybridized carbons (Fsp3) is 0.292. The first-order valence-electron chi connectivity index (χ1n) is 10.2. The van der Waals surface area contributed by atoms with E-state index < -0.39 is 5.97 Å². The van der Waals surface area contributed by atoms with Crippen LogP contribution in [-0.2, 0) is 11.3 Å². The van der Waals surface area contributed by atoms with Crippen molar-refractivity contribution in [1.82, 2.24) is 14.5 Å². The lowest BCUT2D eigenvalue weighted by Gasteiger charge is -2.10. The number of nitrogens with two attached hydrogens (primary N) is 1. The number of hydrogen-bond acceptors (Lipinski definition) is 5. The molecule has 4 aromatic rings. The first-order chi connectivity index (χ1) is 14.5. The van der Waals surface area contributed by atoms with Gasteiger partial charge in [-0.15, -0.1) is 0 Å². The molecule has 0 aliphatic heterocycles. The summed E-state index contributed by atoms with van der Waals surface area (Å²) in [5.41, 5.74) is 11.6. The summed E-state index contributed by atoms with van der Waals surface area (Å²) >= 11 is 0. The predicted octanol–water partition coefficient (Wildman–Crippen LogP) is 4.73. The second kappa shape index (κ2) is 8.14. The van der Waals surface area contributed by atoms with E-state index in [-0.39, 0.29) is 5.92 Å². The van der Waals surface area contributed by atoms with Crippen molar-refractivity contribution in [2.45, 2.75) is 33.7 Å². The lowest BCUT2D eigenvalue weighted by atomic mass is 10.1.